The van der Waals surface area contributed by atoms with Crippen molar-refractivity contribution in [3.63, 3.8) is 0 Å². The van der Waals surface area contributed by atoms with E-state index in [9.17, 15) is 0 Å². The van der Waals surface area contributed by atoms with E-state index in [1.54, 1.807) is 12.3 Å². The van der Waals surface area contributed by atoms with Crippen molar-refractivity contribution in [3.05, 3.63) is 29.6 Å². The summed E-state index contributed by atoms with van der Waals surface area (Å²) in [6, 6.07) is 5.64. The number of hydrogen-bond donors (Lipinski definition) is 1. The second-order valence-corrected chi connectivity index (χ2v) is 5.08. The van der Waals surface area contributed by atoms with Crippen LogP contribution < -0.4 is 5.73 Å². The number of rotatable bonds is 4. The fourth-order valence-electron chi connectivity index (χ4n) is 2.40. The summed E-state index contributed by atoms with van der Waals surface area (Å²) in [7, 11) is 0. The Balaban J connectivity index is 1.82. The Bertz CT molecular complexity index is 433. The second-order valence-electron chi connectivity index (χ2n) is 5.08. The number of pyridine rings is 1. The molecule has 96 valence electrons. The highest BCUT2D eigenvalue weighted by atomic mass is 16.5. The van der Waals surface area contributed by atoms with Crippen LogP contribution in [-0.2, 0) is 11.3 Å². The van der Waals surface area contributed by atoms with Crippen molar-refractivity contribution in [2.75, 3.05) is 6.61 Å². The first kappa shape index (κ1) is 13.0. The predicted octanol–water partition coefficient (Wildman–Crippen LogP) is 2.13. The highest BCUT2D eigenvalue weighted by Crippen LogP contribution is 2.26. The lowest BCUT2D eigenvalue weighted by Gasteiger charge is -2.33. The number of hydrogen-bond acceptors (Lipinski definition) is 4. The van der Waals surface area contributed by atoms with Crippen molar-refractivity contribution in [3.8, 4) is 6.07 Å². The molecule has 1 heterocycles. The summed E-state index contributed by atoms with van der Waals surface area (Å²) in [5.41, 5.74) is 7.54. The lowest BCUT2D eigenvalue weighted by atomic mass is 9.83. The first-order valence-electron chi connectivity index (χ1n) is 6.44. The summed E-state index contributed by atoms with van der Waals surface area (Å²) >= 11 is 0. The summed E-state index contributed by atoms with van der Waals surface area (Å²) in [4.78, 5) is 3.93. The van der Waals surface area contributed by atoms with Crippen LogP contribution in [0.25, 0.3) is 0 Å². The molecule has 1 aliphatic carbocycles. The second kappa shape index (κ2) is 5.94. The zero-order chi connectivity index (χ0) is 12.8. The van der Waals surface area contributed by atoms with Gasteiger partial charge in [0.1, 0.15) is 11.8 Å². The molecule has 2 N–H and O–H groups in total. The molecule has 0 atom stereocenters. The van der Waals surface area contributed by atoms with E-state index < -0.39 is 0 Å². The Kier molecular flexibility index (Phi) is 4.29. The Hall–Kier alpha value is -1.44. The van der Waals surface area contributed by atoms with E-state index in [1.165, 1.54) is 19.3 Å². The Morgan fingerprint density at radius 2 is 2.17 bits per heavy atom. The van der Waals surface area contributed by atoms with E-state index in [-0.39, 0.29) is 5.54 Å². The van der Waals surface area contributed by atoms with Gasteiger partial charge in [-0.25, -0.2) is 4.98 Å². The van der Waals surface area contributed by atoms with Crippen LogP contribution >= 0.6 is 0 Å². The summed E-state index contributed by atoms with van der Waals surface area (Å²) in [6.07, 6.45) is 7.42. The van der Waals surface area contributed by atoms with Crippen LogP contribution in [0.4, 0.5) is 0 Å². The highest BCUT2D eigenvalue weighted by Gasteiger charge is 2.27. The molecule has 18 heavy (non-hydrogen) atoms. The molecule has 0 bridgehead atoms. The third-order valence-electron chi connectivity index (χ3n) is 3.45. The maximum atomic E-state index is 8.76. The molecule has 2 rings (SSSR count). The number of nitriles is 1. The van der Waals surface area contributed by atoms with Gasteiger partial charge in [-0.05, 0) is 30.5 Å². The van der Waals surface area contributed by atoms with E-state index in [1.807, 2.05) is 12.1 Å². The molecule has 0 radical (unpaired) electrons. The van der Waals surface area contributed by atoms with Crippen LogP contribution in [0.3, 0.4) is 0 Å². The molecule has 0 saturated heterocycles. The molecule has 1 aliphatic rings. The lowest BCUT2D eigenvalue weighted by molar-refractivity contribution is 0.0574. The van der Waals surface area contributed by atoms with Gasteiger partial charge in [-0.3, -0.25) is 0 Å². The molecule has 1 aromatic heterocycles. The van der Waals surface area contributed by atoms with Crippen molar-refractivity contribution in [1.82, 2.24) is 4.98 Å². The van der Waals surface area contributed by atoms with E-state index in [0.717, 1.165) is 18.4 Å². The van der Waals surface area contributed by atoms with Gasteiger partial charge in [0.15, 0.2) is 0 Å². The third kappa shape index (κ3) is 3.52. The summed E-state index contributed by atoms with van der Waals surface area (Å²) in [6.45, 7) is 1.09. The highest BCUT2D eigenvalue weighted by molar-refractivity contribution is 5.24. The van der Waals surface area contributed by atoms with Crippen LogP contribution in [0.15, 0.2) is 18.3 Å². The Morgan fingerprint density at radius 3 is 2.89 bits per heavy atom. The van der Waals surface area contributed by atoms with Gasteiger partial charge >= 0.3 is 0 Å². The molecule has 0 aromatic carbocycles. The van der Waals surface area contributed by atoms with Gasteiger partial charge in [0.2, 0.25) is 0 Å². The molecule has 1 aromatic rings. The largest absolute Gasteiger partial charge is 0.375 e. The summed E-state index contributed by atoms with van der Waals surface area (Å²) in [5, 5.41) is 8.76. The number of ether oxygens (including phenoxy) is 1. The Morgan fingerprint density at radius 1 is 1.39 bits per heavy atom. The Labute approximate surface area is 108 Å². The zero-order valence-corrected chi connectivity index (χ0v) is 10.6. The van der Waals surface area contributed by atoms with Crippen molar-refractivity contribution in [1.29, 1.82) is 5.26 Å². The zero-order valence-electron chi connectivity index (χ0n) is 10.6. The molecule has 0 unspecified atom stereocenters. The molecular weight excluding hydrogens is 226 g/mol. The molecule has 4 heteroatoms. The monoisotopic (exact) mass is 245 g/mol. The van der Waals surface area contributed by atoms with Crippen molar-refractivity contribution in [2.45, 2.75) is 44.2 Å². The molecule has 0 aliphatic heterocycles. The fourth-order valence-corrected chi connectivity index (χ4v) is 2.40. The van der Waals surface area contributed by atoms with Gasteiger partial charge in [-0.2, -0.15) is 5.26 Å². The maximum Gasteiger partial charge on any atom is 0.140 e. The van der Waals surface area contributed by atoms with Crippen LogP contribution in [0.2, 0.25) is 0 Å². The predicted molar refractivity (Wildman–Crippen MR) is 68.6 cm³/mol. The van der Waals surface area contributed by atoms with Crippen molar-refractivity contribution >= 4 is 0 Å². The van der Waals surface area contributed by atoms with Gasteiger partial charge in [0.25, 0.3) is 0 Å². The number of nitrogens with two attached hydrogens (primary N) is 1. The van der Waals surface area contributed by atoms with Crippen LogP contribution in [-0.4, -0.2) is 17.1 Å². The number of aromatic nitrogens is 1. The van der Waals surface area contributed by atoms with Crippen molar-refractivity contribution < 1.29 is 4.74 Å². The van der Waals surface area contributed by atoms with Gasteiger partial charge in [0.05, 0.1) is 13.2 Å². The van der Waals surface area contributed by atoms with Gasteiger partial charge < -0.3 is 10.5 Å². The molecule has 1 fully saturated rings. The van der Waals surface area contributed by atoms with E-state index in [4.69, 9.17) is 15.7 Å². The topological polar surface area (TPSA) is 71.9 Å². The standard InChI is InChI=1S/C14H19N3O/c15-9-13-8-12(4-7-17-13)10-18-11-14(16)5-2-1-3-6-14/h4,7-8H,1-3,5-6,10-11,16H2. The molecular formula is C14H19N3O. The lowest BCUT2D eigenvalue weighted by Crippen LogP contribution is -2.46. The average Bonchev–Trinajstić information content (AvgIpc) is 2.40. The van der Waals surface area contributed by atoms with E-state index in [0.29, 0.717) is 18.9 Å². The van der Waals surface area contributed by atoms with Gasteiger partial charge in [-0.1, -0.05) is 19.3 Å². The van der Waals surface area contributed by atoms with Gasteiger partial charge in [0, 0.05) is 11.7 Å². The summed E-state index contributed by atoms with van der Waals surface area (Å²) in [5.74, 6) is 0. The minimum Gasteiger partial charge on any atom is -0.375 e. The smallest absolute Gasteiger partial charge is 0.140 e. The molecule has 1 saturated carbocycles. The minimum absolute atomic E-state index is 0.149. The quantitative estimate of drug-likeness (QED) is 0.882. The first-order chi connectivity index (χ1) is 8.72. The first-order valence-corrected chi connectivity index (χ1v) is 6.44. The van der Waals surface area contributed by atoms with Crippen molar-refractivity contribution in [2.24, 2.45) is 5.73 Å². The van der Waals surface area contributed by atoms with Crippen LogP contribution in [0, 0.1) is 11.3 Å². The average molecular weight is 245 g/mol. The SMILES string of the molecule is N#Cc1cc(COCC2(N)CCCCC2)ccn1. The van der Waals surface area contributed by atoms with E-state index in [2.05, 4.69) is 4.98 Å². The molecule has 4 nitrogen and oxygen atoms in total. The van der Waals surface area contributed by atoms with E-state index >= 15 is 0 Å². The fraction of sp³-hybridized carbons (Fsp3) is 0.571. The number of nitrogens with zero attached hydrogens (tertiary/aromatic N) is 2. The summed E-state index contributed by atoms with van der Waals surface area (Å²) < 4.78 is 5.70. The van der Waals surface area contributed by atoms with Crippen LogP contribution in [0.1, 0.15) is 43.4 Å². The minimum atomic E-state index is -0.149. The normalized spacial score (nSPS) is 18.2. The molecule has 0 spiro atoms. The maximum absolute atomic E-state index is 8.76. The molecule has 0 amide bonds. The van der Waals surface area contributed by atoms with Crippen LogP contribution in [0.5, 0.6) is 0 Å². The third-order valence-corrected chi connectivity index (χ3v) is 3.45. The van der Waals surface area contributed by atoms with Gasteiger partial charge in [-0.15, -0.1) is 0 Å².